The summed E-state index contributed by atoms with van der Waals surface area (Å²) in [7, 11) is 0. The SMILES string of the molecule is O=C1C=CC(=O)N1c1cccc([N+](=O)[O-])c1.O=C1C=CC(=O)N1c1cccc([N+](=O)[O-])c1. The van der Waals surface area contributed by atoms with Crippen LogP contribution in [0.25, 0.3) is 0 Å². The van der Waals surface area contributed by atoms with E-state index >= 15 is 0 Å². The van der Waals surface area contributed by atoms with Gasteiger partial charge in [-0.3, -0.25) is 39.4 Å². The van der Waals surface area contributed by atoms with E-state index in [0.717, 1.165) is 34.1 Å². The Morgan fingerprint density at radius 1 is 0.562 bits per heavy atom. The average molecular weight is 436 g/mol. The van der Waals surface area contributed by atoms with E-state index in [1.165, 1.54) is 48.5 Å². The van der Waals surface area contributed by atoms with Gasteiger partial charge >= 0.3 is 0 Å². The van der Waals surface area contributed by atoms with E-state index in [1.807, 2.05) is 0 Å². The van der Waals surface area contributed by atoms with Crippen molar-refractivity contribution in [3.63, 3.8) is 0 Å². The van der Waals surface area contributed by atoms with E-state index in [4.69, 9.17) is 0 Å². The molecule has 0 unspecified atom stereocenters. The number of nitrogens with zero attached hydrogens (tertiary/aromatic N) is 4. The van der Waals surface area contributed by atoms with Gasteiger partial charge in [0.05, 0.1) is 21.2 Å². The number of benzene rings is 2. The lowest BCUT2D eigenvalue weighted by atomic mass is 10.2. The minimum Gasteiger partial charge on any atom is -0.269 e. The molecule has 2 aromatic rings. The molecule has 0 N–H and O–H groups in total. The van der Waals surface area contributed by atoms with Gasteiger partial charge in [0.1, 0.15) is 0 Å². The summed E-state index contributed by atoms with van der Waals surface area (Å²) in [6.45, 7) is 0. The second-order valence-electron chi connectivity index (χ2n) is 6.24. The highest BCUT2D eigenvalue weighted by molar-refractivity contribution is 6.28. The Hall–Kier alpha value is -5.00. The van der Waals surface area contributed by atoms with Crippen molar-refractivity contribution >= 4 is 46.4 Å². The van der Waals surface area contributed by atoms with Crippen molar-refractivity contribution in [2.24, 2.45) is 0 Å². The fourth-order valence-corrected chi connectivity index (χ4v) is 2.80. The number of nitro groups is 2. The van der Waals surface area contributed by atoms with Crippen molar-refractivity contribution in [1.82, 2.24) is 0 Å². The van der Waals surface area contributed by atoms with Gasteiger partial charge in [-0.2, -0.15) is 0 Å². The van der Waals surface area contributed by atoms with E-state index in [9.17, 15) is 39.4 Å². The zero-order chi connectivity index (χ0) is 23.4. The van der Waals surface area contributed by atoms with Gasteiger partial charge in [0.15, 0.2) is 0 Å². The third-order valence-electron chi connectivity index (χ3n) is 4.22. The molecule has 0 atom stereocenters. The number of rotatable bonds is 4. The maximum Gasteiger partial charge on any atom is 0.271 e. The number of carbonyl (C=O) groups excluding carboxylic acids is 4. The van der Waals surface area contributed by atoms with Crippen molar-refractivity contribution in [2.75, 3.05) is 9.80 Å². The molecule has 0 saturated heterocycles. The molecule has 0 saturated carbocycles. The number of nitro benzene ring substituents is 2. The van der Waals surface area contributed by atoms with Crippen LogP contribution in [0.2, 0.25) is 0 Å². The van der Waals surface area contributed by atoms with E-state index in [-0.39, 0.29) is 22.7 Å². The van der Waals surface area contributed by atoms with Crippen LogP contribution in [0, 0.1) is 20.2 Å². The van der Waals surface area contributed by atoms with Gasteiger partial charge in [-0.15, -0.1) is 0 Å². The van der Waals surface area contributed by atoms with Crippen molar-refractivity contribution in [3.05, 3.63) is 93.1 Å². The number of carbonyl (C=O) groups is 4. The Kier molecular flexibility index (Phi) is 5.96. The molecule has 2 aliphatic heterocycles. The molecule has 2 aromatic carbocycles. The summed E-state index contributed by atoms with van der Waals surface area (Å²) in [5.74, 6) is -1.98. The summed E-state index contributed by atoms with van der Waals surface area (Å²) in [5, 5.41) is 21.1. The highest BCUT2D eigenvalue weighted by Gasteiger charge is 2.27. The first-order valence-electron chi connectivity index (χ1n) is 8.80. The first-order chi connectivity index (χ1) is 15.2. The van der Waals surface area contributed by atoms with Crippen molar-refractivity contribution in [1.29, 1.82) is 0 Å². The molecular weight excluding hydrogens is 424 g/mol. The van der Waals surface area contributed by atoms with Gasteiger partial charge in [-0.1, -0.05) is 12.1 Å². The Balaban J connectivity index is 0.000000181. The van der Waals surface area contributed by atoms with Crippen LogP contribution in [0.5, 0.6) is 0 Å². The zero-order valence-electron chi connectivity index (χ0n) is 16.0. The fourth-order valence-electron chi connectivity index (χ4n) is 2.80. The molecule has 0 spiro atoms. The van der Waals surface area contributed by atoms with E-state index in [0.29, 0.717) is 0 Å². The van der Waals surface area contributed by atoms with E-state index in [1.54, 1.807) is 0 Å². The van der Waals surface area contributed by atoms with Crippen LogP contribution in [-0.2, 0) is 19.2 Å². The van der Waals surface area contributed by atoms with Crippen LogP contribution < -0.4 is 9.80 Å². The van der Waals surface area contributed by atoms with Crippen LogP contribution in [0.1, 0.15) is 0 Å². The largest absolute Gasteiger partial charge is 0.271 e. The van der Waals surface area contributed by atoms with Crippen LogP contribution >= 0.6 is 0 Å². The molecule has 0 fully saturated rings. The number of imide groups is 2. The summed E-state index contributed by atoms with van der Waals surface area (Å²) < 4.78 is 0. The lowest BCUT2D eigenvalue weighted by molar-refractivity contribution is -0.385. The van der Waals surface area contributed by atoms with Gasteiger partial charge < -0.3 is 0 Å². The third-order valence-corrected chi connectivity index (χ3v) is 4.22. The summed E-state index contributed by atoms with van der Waals surface area (Å²) >= 11 is 0. The standard InChI is InChI=1S/2C10H6N2O4/c2*13-9-4-5-10(14)11(9)7-2-1-3-8(6-7)12(15)16/h2*1-6H. The Bertz CT molecular complexity index is 1100. The monoisotopic (exact) mass is 436 g/mol. The first-order valence-corrected chi connectivity index (χ1v) is 8.80. The predicted octanol–water partition coefficient (Wildman–Crippen LogP) is 2.05. The van der Waals surface area contributed by atoms with Crippen LogP contribution in [-0.4, -0.2) is 33.5 Å². The number of hydrogen-bond acceptors (Lipinski definition) is 8. The molecule has 0 bridgehead atoms. The molecule has 4 amide bonds. The van der Waals surface area contributed by atoms with Crippen LogP contribution in [0.4, 0.5) is 22.7 Å². The van der Waals surface area contributed by atoms with Gasteiger partial charge in [0, 0.05) is 48.6 Å². The van der Waals surface area contributed by atoms with Crippen molar-refractivity contribution < 1.29 is 29.0 Å². The number of non-ortho nitro benzene ring substituents is 2. The van der Waals surface area contributed by atoms with E-state index < -0.39 is 33.5 Å². The third kappa shape index (κ3) is 4.43. The summed E-state index contributed by atoms with van der Waals surface area (Å²) in [6.07, 6.45) is 4.50. The van der Waals surface area contributed by atoms with Gasteiger partial charge in [-0.25, -0.2) is 9.80 Å². The second-order valence-corrected chi connectivity index (χ2v) is 6.24. The molecule has 0 aromatic heterocycles. The minimum absolute atomic E-state index is 0.162. The molecule has 2 aliphatic rings. The quantitative estimate of drug-likeness (QED) is 0.400. The van der Waals surface area contributed by atoms with Crippen molar-refractivity contribution in [2.45, 2.75) is 0 Å². The van der Waals surface area contributed by atoms with Gasteiger partial charge in [0.25, 0.3) is 35.0 Å². The Labute approximate surface area is 178 Å². The van der Waals surface area contributed by atoms with Crippen LogP contribution in [0.15, 0.2) is 72.8 Å². The maximum atomic E-state index is 11.3. The topological polar surface area (TPSA) is 161 Å². The maximum absolute atomic E-state index is 11.3. The lowest BCUT2D eigenvalue weighted by Crippen LogP contribution is -2.29. The highest BCUT2D eigenvalue weighted by atomic mass is 16.6. The fraction of sp³-hybridized carbons (Fsp3) is 0. The molecule has 0 radical (unpaired) electrons. The Morgan fingerprint density at radius 3 is 1.16 bits per heavy atom. The number of hydrogen-bond donors (Lipinski definition) is 0. The lowest BCUT2D eigenvalue weighted by Gasteiger charge is -2.12. The smallest absolute Gasteiger partial charge is 0.269 e. The average Bonchev–Trinajstić information content (AvgIpc) is 3.28. The Morgan fingerprint density at radius 2 is 0.875 bits per heavy atom. The van der Waals surface area contributed by atoms with Crippen LogP contribution in [0.3, 0.4) is 0 Å². The first kappa shape index (κ1) is 21.7. The normalized spacial score (nSPS) is 14.6. The minimum atomic E-state index is -0.581. The zero-order valence-corrected chi connectivity index (χ0v) is 16.0. The summed E-state index contributed by atoms with van der Waals surface area (Å²) in [4.78, 5) is 66.9. The van der Waals surface area contributed by atoms with Gasteiger partial charge in [-0.05, 0) is 12.1 Å². The molecule has 12 heteroatoms. The second kappa shape index (κ2) is 8.79. The molecule has 4 rings (SSSR count). The molecule has 0 aliphatic carbocycles. The predicted molar refractivity (Wildman–Crippen MR) is 109 cm³/mol. The van der Waals surface area contributed by atoms with E-state index in [2.05, 4.69) is 0 Å². The number of anilines is 2. The molecular formula is C20H12N4O8. The van der Waals surface area contributed by atoms with Gasteiger partial charge in [0.2, 0.25) is 0 Å². The molecule has 12 nitrogen and oxygen atoms in total. The van der Waals surface area contributed by atoms with Crippen molar-refractivity contribution in [3.8, 4) is 0 Å². The molecule has 160 valence electrons. The number of amides is 4. The molecule has 32 heavy (non-hydrogen) atoms. The molecule has 2 heterocycles. The summed E-state index contributed by atoms with van der Waals surface area (Å²) in [5.41, 5.74) is 0.0819. The summed E-state index contributed by atoms with van der Waals surface area (Å²) in [6, 6.07) is 10.7. The highest BCUT2D eigenvalue weighted by Crippen LogP contribution is 2.24.